The van der Waals surface area contributed by atoms with Gasteiger partial charge >= 0.3 is 0 Å². The number of rotatable bonds is 3. The lowest BCUT2D eigenvalue weighted by Crippen LogP contribution is -2.02. The quantitative estimate of drug-likeness (QED) is 0.771. The second-order valence-corrected chi connectivity index (χ2v) is 3.76. The van der Waals surface area contributed by atoms with Gasteiger partial charge in [0.05, 0.1) is 18.3 Å². The van der Waals surface area contributed by atoms with E-state index in [4.69, 9.17) is 11.6 Å². The largest absolute Gasteiger partial charge is 0.298 e. The van der Waals surface area contributed by atoms with Gasteiger partial charge in [-0.25, -0.2) is 4.39 Å². The van der Waals surface area contributed by atoms with E-state index in [2.05, 4.69) is 5.10 Å². The van der Waals surface area contributed by atoms with E-state index in [1.165, 1.54) is 23.0 Å². The van der Waals surface area contributed by atoms with Crippen LogP contribution in [0.5, 0.6) is 0 Å². The van der Waals surface area contributed by atoms with E-state index in [-0.39, 0.29) is 12.4 Å². The lowest BCUT2D eigenvalue weighted by molar-refractivity contribution is 0.112. The highest BCUT2D eigenvalue weighted by Crippen LogP contribution is 2.15. The number of hydrogen-bond acceptors (Lipinski definition) is 2. The SMILES string of the molecule is O=Cc1cnn(Cc2cc(Cl)ccc2F)c1. The molecule has 0 N–H and O–H groups in total. The van der Waals surface area contributed by atoms with Gasteiger partial charge in [0.25, 0.3) is 0 Å². The summed E-state index contributed by atoms with van der Waals surface area (Å²) in [6.45, 7) is 0.250. The Bertz CT molecular complexity index is 524. The summed E-state index contributed by atoms with van der Waals surface area (Å²) in [5, 5.41) is 4.40. The Hall–Kier alpha value is -1.68. The minimum absolute atomic E-state index is 0.250. The predicted molar refractivity (Wildman–Crippen MR) is 58.1 cm³/mol. The first-order valence-electron chi connectivity index (χ1n) is 4.60. The van der Waals surface area contributed by atoms with Crippen LogP contribution in [-0.2, 0) is 6.54 Å². The molecule has 1 aromatic carbocycles. The summed E-state index contributed by atoms with van der Waals surface area (Å²) in [6.07, 6.45) is 3.67. The van der Waals surface area contributed by atoms with Crippen LogP contribution in [0.1, 0.15) is 15.9 Å². The van der Waals surface area contributed by atoms with Gasteiger partial charge in [-0.3, -0.25) is 9.48 Å². The van der Waals surface area contributed by atoms with Crippen molar-refractivity contribution in [1.29, 1.82) is 0 Å². The number of halogens is 2. The molecule has 2 aromatic rings. The smallest absolute Gasteiger partial charge is 0.153 e. The van der Waals surface area contributed by atoms with Crippen LogP contribution in [0.4, 0.5) is 4.39 Å². The Kier molecular flexibility index (Phi) is 3.01. The maximum absolute atomic E-state index is 13.4. The van der Waals surface area contributed by atoms with Crippen molar-refractivity contribution >= 4 is 17.9 Å². The second kappa shape index (κ2) is 4.45. The molecule has 82 valence electrons. The molecule has 3 nitrogen and oxygen atoms in total. The fourth-order valence-electron chi connectivity index (χ4n) is 1.37. The minimum atomic E-state index is -0.340. The summed E-state index contributed by atoms with van der Waals surface area (Å²) >= 11 is 5.76. The highest BCUT2D eigenvalue weighted by atomic mass is 35.5. The number of nitrogens with zero attached hydrogens (tertiary/aromatic N) is 2. The molecule has 0 bridgehead atoms. The summed E-state index contributed by atoms with van der Waals surface area (Å²) in [5.74, 6) is -0.340. The average molecular weight is 239 g/mol. The Labute approximate surface area is 96.5 Å². The number of benzene rings is 1. The van der Waals surface area contributed by atoms with Crippen LogP contribution in [-0.4, -0.2) is 16.1 Å². The van der Waals surface area contributed by atoms with Gasteiger partial charge in [0, 0.05) is 16.8 Å². The molecule has 0 saturated heterocycles. The van der Waals surface area contributed by atoms with Crippen molar-refractivity contribution in [2.24, 2.45) is 0 Å². The molecule has 0 unspecified atom stereocenters. The molecule has 0 spiro atoms. The number of carbonyl (C=O) groups excluding carboxylic acids is 1. The molecular formula is C11H8ClFN2O. The third-order valence-electron chi connectivity index (χ3n) is 2.13. The van der Waals surface area contributed by atoms with Crippen molar-refractivity contribution in [3.8, 4) is 0 Å². The highest BCUT2D eigenvalue weighted by molar-refractivity contribution is 6.30. The Morgan fingerprint density at radius 3 is 3.00 bits per heavy atom. The monoisotopic (exact) mass is 238 g/mol. The number of carbonyl (C=O) groups is 1. The van der Waals surface area contributed by atoms with Crippen molar-refractivity contribution in [1.82, 2.24) is 9.78 Å². The summed E-state index contributed by atoms with van der Waals surface area (Å²) in [5.41, 5.74) is 0.899. The zero-order chi connectivity index (χ0) is 11.5. The van der Waals surface area contributed by atoms with Crippen molar-refractivity contribution < 1.29 is 9.18 Å². The first kappa shape index (κ1) is 10.8. The molecule has 16 heavy (non-hydrogen) atoms. The normalized spacial score (nSPS) is 10.4. The summed E-state index contributed by atoms with van der Waals surface area (Å²) in [6, 6.07) is 4.33. The van der Waals surface area contributed by atoms with E-state index in [0.29, 0.717) is 22.4 Å². The zero-order valence-electron chi connectivity index (χ0n) is 8.23. The average Bonchev–Trinajstić information content (AvgIpc) is 2.71. The van der Waals surface area contributed by atoms with Gasteiger partial charge in [0.15, 0.2) is 6.29 Å². The van der Waals surface area contributed by atoms with E-state index in [0.717, 1.165) is 0 Å². The van der Waals surface area contributed by atoms with Gasteiger partial charge < -0.3 is 0 Å². The van der Waals surface area contributed by atoms with Gasteiger partial charge in [-0.15, -0.1) is 0 Å². The standard InChI is InChI=1S/C11H8ClFN2O/c12-10-1-2-11(13)9(3-10)6-15-5-8(7-16)4-14-15/h1-5,7H,6H2. The highest BCUT2D eigenvalue weighted by Gasteiger charge is 2.05. The van der Waals surface area contributed by atoms with E-state index in [9.17, 15) is 9.18 Å². The minimum Gasteiger partial charge on any atom is -0.298 e. The van der Waals surface area contributed by atoms with Gasteiger partial charge in [-0.1, -0.05) is 11.6 Å². The topological polar surface area (TPSA) is 34.9 Å². The molecule has 0 aliphatic rings. The summed E-state index contributed by atoms with van der Waals surface area (Å²) < 4.78 is 14.9. The van der Waals surface area contributed by atoms with Crippen molar-refractivity contribution in [2.45, 2.75) is 6.54 Å². The Balaban J connectivity index is 2.26. The molecule has 0 fully saturated rings. The van der Waals surface area contributed by atoms with E-state index in [1.54, 1.807) is 12.3 Å². The molecule has 0 aliphatic carbocycles. The van der Waals surface area contributed by atoms with Gasteiger partial charge in [-0.2, -0.15) is 5.10 Å². The van der Waals surface area contributed by atoms with Gasteiger partial charge in [0.1, 0.15) is 5.82 Å². The summed E-state index contributed by atoms with van der Waals surface area (Å²) in [4.78, 5) is 10.4. The second-order valence-electron chi connectivity index (χ2n) is 3.32. The van der Waals surface area contributed by atoms with Gasteiger partial charge in [-0.05, 0) is 18.2 Å². The molecule has 1 heterocycles. The van der Waals surface area contributed by atoms with E-state index in [1.807, 2.05) is 0 Å². The first-order valence-corrected chi connectivity index (χ1v) is 4.98. The molecule has 5 heteroatoms. The predicted octanol–water partition coefficient (Wildman–Crippen LogP) is 2.54. The Morgan fingerprint density at radius 2 is 2.31 bits per heavy atom. The van der Waals surface area contributed by atoms with Crippen LogP contribution < -0.4 is 0 Å². The van der Waals surface area contributed by atoms with E-state index >= 15 is 0 Å². The number of aldehydes is 1. The molecule has 0 radical (unpaired) electrons. The third-order valence-corrected chi connectivity index (χ3v) is 2.36. The fourth-order valence-corrected chi connectivity index (χ4v) is 1.56. The Morgan fingerprint density at radius 1 is 1.50 bits per heavy atom. The van der Waals surface area contributed by atoms with Crippen LogP contribution in [0.2, 0.25) is 5.02 Å². The van der Waals surface area contributed by atoms with Crippen molar-refractivity contribution in [3.63, 3.8) is 0 Å². The molecule has 0 saturated carbocycles. The first-order chi connectivity index (χ1) is 7.69. The maximum atomic E-state index is 13.4. The lowest BCUT2D eigenvalue weighted by atomic mass is 10.2. The molecular weight excluding hydrogens is 231 g/mol. The summed E-state index contributed by atoms with van der Waals surface area (Å²) in [7, 11) is 0. The van der Waals surface area contributed by atoms with Crippen LogP contribution in [0.15, 0.2) is 30.6 Å². The van der Waals surface area contributed by atoms with Gasteiger partial charge in [0.2, 0.25) is 0 Å². The fraction of sp³-hybridized carbons (Fsp3) is 0.0909. The molecule has 0 aliphatic heterocycles. The van der Waals surface area contributed by atoms with Crippen LogP contribution in [0.25, 0.3) is 0 Å². The van der Waals surface area contributed by atoms with E-state index < -0.39 is 0 Å². The maximum Gasteiger partial charge on any atom is 0.153 e. The molecule has 2 rings (SSSR count). The van der Waals surface area contributed by atoms with Crippen molar-refractivity contribution in [2.75, 3.05) is 0 Å². The van der Waals surface area contributed by atoms with Crippen LogP contribution in [0.3, 0.4) is 0 Å². The third kappa shape index (κ3) is 2.28. The number of aromatic nitrogens is 2. The molecule has 0 amide bonds. The molecule has 0 atom stereocenters. The van der Waals surface area contributed by atoms with Crippen LogP contribution in [0, 0.1) is 5.82 Å². The number of hydrogen-bond donors (Lipinski definition) is 0. The lowest BCUT2D eigenvalue weighted by Gasteiger charge is -2.03. The van der Waals surface area contributed by atoms with Crippen LogP contribution >= 0.6 is 11.6 Å². The molecule has 1 aromatic heterocycles. The zero-order valence-corrected chi connectivity index (χ0v) is 8.99. The van der Waals surface area contributed by atoms with Crippen molar-refractivity contribution in [3.05, 3.63) is 52.6 Å².